The Balaban J connectivity index is 2.29. The zero-order chi connectivity index (χ0) is 13.6. The summed E-state index contributed by atoms with van der Waals surface area (Å²) in [4.78, 5) is 14.9. The first kappa shape index (κ1) is 12.1. The number of imidazole rings is 1. The number of hydrogen-bond donors (Lipinski definition) is 1. The molecule has 3 heterocycles. The molecule has 0 atom stereocenters. The number of aromatic nitrogens is 6. The second kappa shape index (κ2) is 4.00. The van der Waals surface area contributed by atoms with Gasteiger partial charge in [0.25, 0.3) is 9.05 Å². The van der Waals surface area contributed by atoms with E-state index in [9.17, 15) is 8.42 Å². The monoisotopic (exact) mass is 298 g/mol. The maximum absolute atomic E-state index is 11.4. The van der Waals surface area contributed by atoms with E-state index < -0.39 is 9.05 Å². The van der Waals surface area contributed by atoms with Crippen molar-refractivity contribution in [1.29, 1.82) is 0 Å². The van der Waals surface area contributed by atoms with Gasteiger partial charge in [0.1, 0.15) is 16.7 Å². The lowest BCUT2D eigenvalue weighted by Gasteiger charge is -2.03. The van der Waals surface area contributed by atoms with Gasteiger partial charge in [0.05, 0.1) is 18.2 Å². The molecule has 3 aromatic rings. The first-order chi connectivity index (χ1) is 8.98. The summed E-state index contributed by atoms with van der Waals surface area (Å²) >= 11 is 0. The highest BCUT2D eigenvalue weighted by molar-refractivity contribution is 8.13. The van der Waals surface area contributed by atoms with Gasteiger partial charge >= 0.3 is 0 Å². The SMILES string of the molecule is Cc1c(S(=O)(=O)Cl)cnn1-c1ncnc2nc[nH]c12. The minimum atomic E-state index is -3.84. The molecule has 0 fully saturated rings. The molecule has 0 bridgehead atoms. The Bertz CT molecular complexity index is 868. The van der Waals surface area contributed by atoms with Gasteiger partial charge in [-0.1, -0.05) is 0 Å². The molecule has 0 aliphatic carbocycles. The largest absolute Gasteiger partial charge is 0.340 e. The van der Waals surface area contributed by atoms with Crippen molar-refractivity contribution in [2.24, 2.45) is 0 Å². The van der Waals surface area contributed by atoms with Crippen molar-refractivity contribution in [3.63, 3.8) is 0 Å². The maximum atomic E-state index is 11.4. The molecule has 0 saturated carbocycles. The highest BCUT2D eigenvalue weighted by Gasteiger charge is 2.20. The third-order valence-electron chi connectivity index (χ3n) is 2.63. The summed E-state index contributed by atoms with van der Waals surface area (Å²) in [7, 11) is 1.49. The molecule has 0 amide bonds. The second-order valence-corrected chi connectivity index (χ2v) is 6.28. The number of aromatic amines is 1. The van der Waals surface area contributed by atoms with Gasteiger partial charge in [0.15, 0.2) is 11.5 Å². The van der Waals surface area contributed by atoms with E-state index in [2.05, 4.69) is 25.0 Å². The Morgan fingerprint density at radius 2 is 2.11 bits per heavy atom. The number of halogens is 1. The van der Waals surface area contributed by atoms with E-state index in [-0.39, 0.29) is 4.90 Å². The third kappa shape index (κ3) is 1.87. The summed E-state index contributed by atoms with van der Waals surface area (Å²) in [6, 6.07) is 0. The average Bonchev–Trinajstić information content (AvgIpc) is 2.93. The first-order valence-electron chi connectivity index (χ1n) is 5.12. The Labute approximate surface area is 111 Å². The Hall–Kier alpha value is -2.00. The lowest BCUT2D eigenvalue weighted by atomic mass is 10.4. The molecular formula is C9H7ClN6O2S. The van der Waals surface area contributed by atoms with Crippen molar-refractivity contribution in [2.45, 2.75) is 11.8 Å². The van der Waals surface area contributed by atoms with Crippen molar-refractivity contribution in [3.8, 4) is 5.82 Å². The molecule has 19 heavy (non-hydrogen) atoms. The first-order valence-corrected chi connectivity index (χ1v) is 7.43. The van der Waals surface area contributed by atoms with Crippen molar-refractivity contribution >= 4 is 30.9 Å². The van der Waals surface area contributed by atoms with Crippen LogP contribution in [0.25, 0.3) is 17.0 Å². The zero-order valence-electron chi connectivity index (χ0n) is 9.57. The lowest BCUT2D eigenvalue weighted by molar-refractivity contribution is 0.609. The number of nitrogens with zero attached hydrogens (tertiary/aromatic N) is 5. The van der Waals surface area contributed by atoms with E-state index in [1.54, 1.807) is 6.92 Å². The molecule has 10 heteroatoms. The molecule has 3 rings (SSSR count). The summed E-state index contributed by atoms with van der Waals surface area (Å²) in [5, 5.41) is 4.00. The standard InChI is InChI=1S/C9H7ClN6O2S/c1-5-6(19(10,17)18)2-15-16(5)9-7-8(12-3-11-7)13-4-14-9/h2-4H,1H3,(H,11,12,13,14). The fourth-order valence-corrected chi connectivity index (χ4v) is 2.83. The van der Waals surface area contributed by atoms with Gasteiger partial charge in [-0.2, -0.15) is 5.10 Å². The van der Waals surface area contributed by atoms with Crippen LogP contribution in [0, 0.1) is 6.92 Å². The molecule has 0 unspecified atom stereocenters. The molecular weight excluding hydrogens is 292 g/mol. The van der Waals surface area contributed by atoms with Gasteiger partial charge in [0, 0.05) is 10.7 Å². The van der Waals surface area contributed by atoms with Gasteiger partial charge in [-0.3, -0.25) is 0 Å². The summed E-state index contributed by atoms with van der Waals surface area (Å²) in [5.74, 6) is 0.409. The second-order valence-electron chi connectivity index (χ2n) is 3.74. The normalized spacial score (nSPS) is 12.1. The summed E-state index contributed by atoms with van der Waals surface area (Å²) in [5.41, 5.74) is 1.40. The van der Waals surface area contributed by atoms with E-state index >= 15 is 0 Å². The van der Waals surface area contributed by atoms with Gasteiger partial charge in [0.2, 0.25) is 0 Å². The van der Waals surface area contributed by atoms with Crippen LogP contribution in [0.3, 0.4) is 0 Å². The van der Waals surface area contributed by atoms with Crippen LogP contribution >= 0.6 is 10.7 Å². The number of H-pyrrole nitrogens is 1. The molecule has 0 aliphatic heterocycles. The van der Waals surface area contributed by atoms with Crippen LogP contribution < -0.4 is 0 Å². The maximum Gasteiger partial charge on any atom is 0.264 e. The minimum Gasteiger partial charge on any atom is -0.340 e. The molecule has 0 aliphatic rings. The Morgan fingerprint density at radius 1 is 1.32 bits per heavy atom. The highest BCUT2D eigenvalue weighted by Crippen LogP contribution is 2.22. The molecule has 0 radical (unpaired) electrons. The third-order valence-corrected chi connectivity index (χ3v) is 4.06. The van der Waals surface area contributed by atoms with Gasteiger partial charge in [-0.25, -0.2) is 28.1 Å². The Morgan fingerprint density at radius 3 is 2.79 bits per heavy atom. The number of nitrogens with one attached hydrogen (secondary N) is 1. The van der Waals surface area contributed by atoms with Crippen LogP contribution in [-0.2, 0) is 9.05 Å². The highest BCUT2D eigenvalue weighted by atomic mass is 35.7. The van der Waals surface area contributed by atoms with Crippen LogP contribution in [0.1, 0.15) is 5.69 Å². The lowest BCUT2D eigenvalue weighted by Crippen LogP contribution is -2.04. The van der Waals surface area contributed by atoms with E-state index in [0.29, 0.717) is 22.7 Å². The van der Waals surface area contributed by atoms with Gasteiger partial charge < -0.3 is 4.98 Å². The van der Waals surface area contributed by atoms with Crippen LogP contribution in [0.15, 0.2) is 23.7 Å². The molecule has 1 N–H and O–H groups in total. The van der Waals surface area contributed by atoms with E-state index in [4.69, 9.17) is 10.7 Å². The molecule has 3 aromatic heterocycles. The van der Waals surface area contributed by atoms with Crippen LogP contribution in [0.2, 0.25) is 0 Å². The molecule has 0 spiro atoms. The van der Waals surface area contributed by atoms with Crippen LogP contribution in [0.5, 0.6) is 0 Å². The predicted octanol–water partition coefficient (Wildman–Crippen LogP) is 0.775. The quantitative estimate of drug-likeness (QED) is 0.700. The zero-order valence-corrected chi connectivity index (χ0v) is 11.1. The molecule has 8 nitrogen and oxygen atoms in total. The topological polar surface area (TPSA) is 106 Å². The van der Waals surface area contributed by atoms with E-state index in [0.717, 1.165) is 0 Å². The predicted molar refractivity (Wildman–Crippen MR) is 66.6 cm³/mol. The number of rotatable bonds is 2. The van der Waals surface area contributed by atoms with E-state index in [1.807, 2.05) is 0 Å². The smallest absolute Gasteiger partial charge is 0.264 e. The molecule has 0 aromatic carbocycles. The fourth-order valence-electron chi connectivity index (χ4n) is 1.76. The van der Waals surface area contributed by atoms with Gasteiger partial charge in [-0.05, 0) is 6.92 Å². The fraction of sp³-hybridized carbons (Fsp3) is 0.111. The van der Waals surface area contributed by atoms with Crippen LogP contribution in [0.4, 0.5) is 0 Å². The average molecular weight is 299 g/mol. The van der Waals surface area contributed by atoms with Gasteiger partial charge in [-0.15, -0.1) is 0 Å². The number of hydrogen-bond acceptors (Lipinski definition) is 6. The minimum absolute atomic E-state index is 0.0551. The molecule has 0 saturated heterocycles. The van der Waals surface area contributed by atoms with Crippen molar-refractivity contribution < 1.29 is 8.42 Å². The molecule has 98 valence electrons. The van der Waals surface area contributed by atoms with Crippen molar-refractivity contribution in [2.75, 3.05) is 0 Å². The Kier molecular flexibility index (Phi) is 2.54. The summed E-state index contributed by atoms with van der Waals surface area (Å²) in [6.45, 7) is 1.59. The number of fused-ring (bicyclic) bond motifs is 1. The van der Waals surface area contributed by atoms with Crippen molar-refractivity contribution in [3.05, 3.63) is 24.5 Å². The summed E-state index contributed by atoms with van der Waals surface area (Å²) in [6.07, 6.45) is 3.98. The summed E-state index contributed by atoms with van der Waals surface area (Å²) < 4.78 is 24.1. The van der Waals surface area contributed by atoms with E-state index in [1.165, 1.54) is 23.5 Å². The van der Waals surface area contributed by atoms with Crippen molar-refractivity contribution in [1.82, 2.24) is 29.7 Å². The van der Waals surface area contributed by atoms with Crippen LogP contribution in [-0.4, -0.2) is 38.1 Å².